The van der Waals surface area contributed by atoms with Gasteiger partial charge in [-0.25, -0.2) is 0 Å². The molecule has 1 aliphatic heterocycles. The molecule has 0 saturated carbocycles. The van der Waals surface area contributed by atoms with Crippen LogP contribution in [-0.4, -0.2) is 69.9 Å². The molecule has 0 spiro atoms. The Morgan fingerprint density at radius 2 is 1.75 bits per heavy atom. The molecule has 0 N–H and O–H groups in total. The fourth-order valence-electron chi connectivity index (χ4n) is 5.89. The number of carbonyl (C=O) groups excluding carboxylic acids is 2. The summed E-state index contributed by atoms with van der Waals surface area (Å²) in [7, 11) is 3.69. The zero-order chi connectivity index (χ0) is 34.8. The maximum absolute atomic E-state index is 14.1. The molecule has 10 heteroatoms. The van der Waals surface area contributed by atoms with E-state index in [4.69, 9.17) is 42.1 Å². The lowest BCUT2D eigenvalue weighted by Gasteiger charge is -2.31. The van der Waals surface area contributed by atoms with Gasteiger partial charge in [0, 0.05) is 39.9 Å². The number of ether oxygens (including phenoxy) is 4. The van der Waals surface area contributed by atoms with Crippen molar-refractivity contribution in [3.05, 3.63) is 87.4 Å². The number of anilines is 1. The molecular weight excluding hydrogens is 651 g/mol. The van der Waals surface area contributed by atoms with E-state index in [-0.39, 0.29) is 24.3 Å². The van der Waals surface area contributed by atoms with Gasteiger partial charge in [0.2, 0.25) is 0 Å². The van der Waals surface area contributed by atoms with Crippen LogP contribution in [0.5, 0.6) is 11.5 Å². The number of aryl methyl sites for hydroxylation is 1. The van der Waals surface area contributed by atoms with E-state index in [9.17, 15) is 9.59 Å². The molecule has 260 valence electrons. The van der Waals surface area contributed by atoms with Gasteiger partial charge in [-0.2, -0.15) is 0 Å². The topological polar surface area (TPSA) is 77.5 Å². The first kappa shape index (κ1) is 37.5. The Kier molecular flexibility index (Phi) is 13.6. The number of halogens is 2. The second kappa shape index (κ2) is 17.4. The summed E-state index contributed by atoms with van der Waals surface area (Å²) in [5, 5.41) is 1.31. The van der Waals surface area contributed by atoms with Crippen LogP contribution in [0, 0.1) is 5.41 Å². The minimum atomic E-state index is -1.09. The quantitative estimate of drug-likeness (QED) is 0.117. The second-order valence-electron chi connectivity index (χ2n) is 13.3. The molecule has 0 fully saturated rings. The van der Waals surface area contributed by atoms with E-state index >= 15 is 0 Å². The van der Waals surface area contributed by atoms with Gasteiger partial charge >= 0.3 is 5.97 Å². The van der Waals surface area contributed by atoms with Crippen LogP contribution in [0.25, 0.3) is 0 Å². The fourth-order valence-corrected chi connectivity index (χ4v) is 6.31. The average molecular weight is 700 g/mol. The maximum atomic E-state index is 14.1. The number of hydrogen-bond acceptors (Lipinski definition) is 7. The lowest BCUT2D eigenvalue weighted by atomic mass is 9.94. The first-order valence-electron chi connectivity index (χ1n) is 16.6. The smallest absolute Gasteiger partial charge is 0.308 e. The summed E-state index contributed by atoms with van der Waals surface area (Å²) in [4.78, 5) is 30.8. The van der Waals surface area contributed by atoms with Gasteiger partial charge in [-0.15, -0.1) is 0 Å². The molecular formula is C38H48Cl2N2O6. The summed E-state index contributed by atoms with van der Waals surface area (Å²) in [6.07, 6.45) is 0.654. The van der Waals surface area contributed by atoms with E-state index < -0.39 is 18.2 Å². The third-order valence-corrected chi connectivity index (χ3v) is 8.68. The molecule has 0 bridgehead atoms. The Balaban J connectivity index is 1.54. The highest BCUT2D eigenvalue weighted by Crippen LogP contribution is 2.45. The summed E-state index contributed by atoms with van der Waals surface area (Å²) in [5.41, 5.74) is 2.95. The van der Waals surface area contributed by atoms with Gasteiger partial charge in [-0.3, -0.25) is 9.59 Å². The molecule has 0 saturated heterocycles. The fraction of sp³-hybridized carbons (Fsp3) is 0.474. The second-order valence-corrected chi connectivity index (χ2v) is 14.1. The third-order valence-electron chi connectivity index (χ3n) is 8.08. The van der Waals surface area contributed by atoms with Crippen molar-refractivity contribution in [1.29, 1.82) is 0 Å². The number of carbonyl (C=O) groups is 2. The van der Waals surface area contributed by atoms with Gasteiger partial charge in [0.1, 0.15) is 12.2 Å². The van der Waals surface area contributed by atoms with E-state index in [1.165, 1.54) is 5.56 Å². The van der Waals surface area contributed by atoms with Crippen LogP contribution in [-0.2, 0) is 25.5 Å². The molecule has 4 rings (SSSR count). The van der Waals surface area contributed by atoms with Crippen molar-refractivity contribution >= 4 is 40.8 Å². The Morgan fingerprint density at radius 1 is 1.00 bits per heavy atom. The number of para-hydroxylation sites is 1. The minimum Gasteiger partial charge on any atom is -0.492 e. The number of amides is 1. The highest BCUT2D eigenvalue weighted by atomic mass is 35.5. The number of esters is 1. The van der Waals surface area contributed by atoms with Crippen molar-refractivity contribution in [1.82, 2.24) is 4.90 Å². The normalized spacial score (nSPS) is 16.4. The number of benzene rings is 3. The molecule has 3 aromatic carbocycles. The molecule has 8 nitrogen and oxygen atoms in total. The van der Waals surface area contributed by atoms with Crippen LogP contribution in [0.15, 0.2) is 60.7 Å². The molecule has 1 aliphatic rings. The van der Waals surface area contributed by atoms with Crippen molar-refractivity contribution in [2.24, 2.45) is 5.41 Å². The van der Waals surface area contributed by atoms with Crippen molar-refractivity contribution < 1.29 is 28.5 Å². The zero-order valence-electron chi connectivity index (χ0n) is 28.9. The SMILES string of the molecule is CCOC(=O)CC1OC(c2cccc(OCCCN(C)CCCc3ccccc3Cl)c2OC)c2cc(Cl)ccc2N(CC(C)(C)C)C1=O. The predicted molar refractivity (Wildman–Crippen MR) is 192 cm³/mol. The Hall–Kier alpha value is -3.30. The molecule has 3 aromatic rings. The molecule has 2 atom stereocenters. The summed E-state index contributed by atoms with van der Waals surface area (Å²) >= 11 is 12.9. The number of methoxy groups -OCH3 is 1. The average Bonchev–Trinajstić information content (AvgIpc) is 3.13. The van der Waals surface area contributed by atoms with Crippen LogP contribution in [0.1, 0.15) is 69.8 Å². The first-order valence-corrected chi connectivity index (χ1v) is 17.3. The van der Waals surface area contributed by atoms with Crippen molar-refractivity contribution in [2.75, 3.05) is 51.9 Å². The number of fused-ring (bicyclic) bond motifs is 1. The zero-order valence-corrected chi connectivity index (χ0v) is 30.4. The molecule has 0 aromatic heterocycles. The van der Waals surface area contributed by atoms with E-state index in [2.05, 4.69) is 38.8 Å². The van der Waals surface area contributed by atoms with Crippen LogP contribution in [0.3, 0.4) is 0 Å². The molecule has 0 radical (unpaired) electrons. The molecule has 48 heavy (non-hydrogen) atoms. The Bertz CT molecular complexity index is 1540. The molecule has 2 unspecified atom stereocenters. The monoisotopic (exact) mass is 698 g/mol. The van der Waals surface area contributed by atoms with Gasteiger partial charge in [0.05, 0.1) is 26.7 Å². The van der Waals surface area contributed by atoms with Crippen LogP contribution < -0.4 is 14.4 Å². The van der Waals surface area contributed by atoms with Crippen LogP contribution >= 0.6 is 23.2 Å². The van der Waals surface area contributed by atoms with Crippen molar-refractivity contribution in [3.8, 4) is 11.5 Å². The minimum absolute atomic E-state index is 0.205. The van der Waals surface area contributed by atoms with E-state index in [0.29, 0.717) is 46.5 Å². The summed E-state index contributed by atoms with van der Waals surface area (Å²) in [5.74, 6) is 0.235. The molecule has 1 amide bonds. The third kappa shape index (κ3) is 10.1. The van der Waals surface area contributed by atoms with Gasteiger partial charge in [-0.1, -0.05) is 74.3 Å². The summed E-state index contributed by atoms with van der Waals surface area (Å²) in [6, 6.07) is 19.0. The van der Waals surface area contributed by atoms with Crippen LogP contribution in [0.4, 0.5) is 5.69 Å². The van der Waals surface area contributed by atoms with E-state index in [1.54, 1.807) is 25.0 Å². The lowest BCUT2D eigenvalue weighted by Crippen LogP contribution is -2.44. The maximum Gasteiger partial charge on any atom is 0.308 e. The highest BCUT2D eigenvalue weighted by Gasteiger charge is 2.40. The van der Waals surface area contributed by atoms with Crippen LogP contribution in [0.2, 0.25) is 10.0 Å². The van der Waals surface area contributed by atoms with Gasteiger partial charge < -0.3 is 28.7 Å². The van der Waals surface area contributed by atoms with Crippen molar-refractivity contribution in [2.45, 2.75) is 65.6 Å². The summed E-state index contributed by atoms with van der Waals surface area (Å²) < 4.78 is 24.0. The lowest BCUT2D eigenvalue weighted by molar-refractivity contribution is -0.151. The molecule has 0 aliphatic carbocycles. The van der Waals surface area contributed by atoms with Gasteiger partial charge in [-0.05, 0) is 81.1 Å². The number of nitrogens with zero attached hydrogens (tertiary/aromatic N) is 2. The molecule has 1 heterocycles. The van der Waals surface area contributed by atoms with E-state index in [1.807, 2.05) is 48.5 Å². The highest BCUT2D eigenvalue weighted by molar-refractivity contribution is 6.31. The largest absolute Gasteiger partial charge is 0.492 e. The van der Waals surface area contributed by atoms with Gasteiger partial charge in [0.15, 0.2) is 11.5 Å². The Labute approximate surface area is 295 Å². The predicted octanol–water partition coefficient (Wildman–Crippen LogP) is 8.16. The van der Waals surface area contributed by atoms with Gasteiger partial charge in [0.25, 0.3) is 5.91 Å². The Morgan fingerprint density at radius 3 is 2.46 bits per heavy atom. The first-order chi connectivity index (χ1) is 22.9. The number of hydrogen-bond donors (Lipinski definition) is 0. The van der Waals surface area contributed by atoms with Crippen molar-refractivity contribution in [3.63, 3.8) is 0 Å². The number of rotatable bonds is 15. The standard InChI is InChI=1S/C38H48Cl2N2O6/c1-7-46-34(43)24-33-37(44)42(25-38(2,3)4)31-19-18-27(39)23-29(31)35(48-33)28-15-10-17-32(36(28)45-6)47-22-12-21-41(5)20-11-14-26-13-8-9-16-30(26)40/h8-10,13,15-19,23,33,35H,7,11-12,14,20-22,24-25H2,1-6H3. The van der Waals surface area contributed by atoms with E-state index in [0.717, 1.165) is 37.4 Å². The summed E-state index contributed by atoms with van der Waals surface area (Å²) in [6.45, 7) is 10.8.